The van der Waals surface area contributed by atoms with Gasteiger partial charge in [-0.05, 0) is 38.1 Å². The minimum Gasteiger partial charge on any atom is -0.315 e. The van der Waals surface area contributed by atoms with Crippen LogP contribution in [0.15, 0.2) is 59.0 Å². The lowest BCUT2D eigenvalue weighted by atomic mass is 10.1. The summed E-state index contributed by atoms with van der Waals surface area (Å²) in [5, 5.41) is 22.9. The van der Waals surface area contributed by atoms with Crippen LogP contribution in [0.3, 0.4) is 0 Å². The van der Waals surface area contributed by atoms with Crippen molar-refractivity contribution >= 4 is 17.3 Å². The average molecular weight is 401 g/mol. The Balaban J connectivity index is 1.63. The SMILES string of the molecule is Cc1c(-c2cc(Sc3ccccn3)c3c(C#N)cnn3c2)cnn1[C@H]1CCNC1. The third-order valence-electron chi connectivity index (χ3n) is 5.29. The Bertz CT molecular complexity index is 1210. The van der Waals surface area contributed by atoms with Gasteiger partial charge in [0.2, 0.25) is 0 Å². The van der Waals surface area contributed by atoms with Crippen molar-refractivity contribution in [2.75, 3.05) is 13.1 Å². The van der Waals surface area contributed by atoms with E-state index in [4.69, 9.17) is 0 Å². The number of hydrogen-bond donors (Lipinski definition) is 1. The number of nitrogens with zero attached hydrogens (tertiary/aromatic N) is 6. The highest BCUT2D eigenvalue weighted by molar-refractivity contribution is 7.99. The standard InChI is InChI=1S/C21H19N7S/c1-14-18(12-26-28(14)17-5-7-23-11-17)15-8-19(29-20-4-2-3-6-24-20)21-16(9-22)10-25-27(21)13-15/h2-4,6,8,10,12-13,17,23H,5,7,11H2,1H3/t17-/m0/s1. The van der Waals surface area contributed by atoms with Crippen LogP contribution in [0.2, 0.25) is 0 Å². The first kappa shape index (κ1) is 17.9. The summed E-state index contributed by atoms with van der Waals surface area (Å²) in [5.41, 5.74) is 4.60. The molecular weight excluding hydrogens is 382 g/mol. The van der Waals surface area contributed by atoms with E-state index >= 15 is 0 Å². The summed E-state index contributed by atoms with van der Waals surface area (Å²) in [6.45, 7) is 4.09. The van der Waals surface area contributed by atoms with E-state index in [0.717, 1.165) is 51.8 Å². The number of nitriles is 1. The Morgan fingerprint density at radius 3 is 2.97 bits per heavy atom. The maximum absolute atomic E-state index is 9.52. The van der Waals surface area contributed by atoms with Crippen molar-refractivity contribution < 1.29 is 0 Å². The summed E-state index contributed by atoms with van der Waals surface area (Å²) < 4.78 is 3.90. The fraction of sp³-hybridized carbons (Fsp3) is 0.238. The van der Waals surface area contributed by atoms with Crippen molar-refractivity contribution in [1.82, 2.24) is 29.7 Å². The van der Waals surface area contributed by atoms with Gasteiger partial charge in [0.1, 0.15) is 11.1 Å². The van der Waals surface area contributed by atoms with Gasteiger partial charge in [-0.25, -0.2) is 9.50 Å². The molecule has 5 heterocycles. The van der Waals surface area contributed by atoms with Crippen molar-refractivity contribution in [3.05, 3.63) is 60.3 Å². The Hall–Kier alpha value is -3.15. The highest BCUT2D eigenvalue weighted by Crippen LogP contribution is 2.36. The van der Waals surface area contributed by atoms with Crippen molar-refractivity contribution in [1.29, 1.82) is 5.26 Å². The molecule has 144 valence electrons. The second kappa shape index (κ2) is 7.35. The van der Waals surface area contributed by atoms with E-state index in [1.807, 2.05) is 30.6 Å². The predicted octanol–water partition coefficient (Wildman–Crippen LogP) is 3.46. The van der Waals surface area contributed by atoms with E-state index in [1.54, 1.807) is 16.9 Å². The lowest BCUT2D eigenvalue weighted by Gasteiger charge is -2.13. The molecule has 1 atom stereocenters. The quantitative estimate of drug-likeness (QED) is 0.564. The summed E-state index contributed by atoms with van der Waals surface area (Å²) >= 11 is 1.54. The number of nitrogens with one attached hydrogen (secondary N) is 1. The molecule has 0 saturated carbocycles. The molecule has 7 nitrogen and oxygen atoms in total. The van der Waals surface area contributed by atoms with Crippen LogP contribution in [0, 0.1) is 18.3 Å². The molecule has 4 aromatic rings. The van der Waals surface area contributed by atoms with Crippen molar-refractivity contribution in [2.24, 2.45) is 0 Å². The third kappa shape index (κ3) is 3.18. The summed E-state index contributed by atoms with van der Waals surface area (Å²) in [5.74, 6) is 0. The molecule has 0 aliphatic carbocycles. The van der Waals surface area contributed by atoms with Gasteiger partial charge in [0, 0.05) is 40.7 Å². The summed E-state index contributed by atoms with van der Waals surface area (Å²) in [7, 11) is 0. The lowest BCUT2D eigenvalue weighted by molar-refractivity contribution is 0.480. The van der Waals surface area contributed by atoms with Crippen LogP contribution in [-0.4, -0.2) is 37.5 Å². The monoisotopic (exact) mass is 401 g/mol. The van der Waals surface area contributed by atoms with Gasteiger partial charge < -0.3 is 5.32 Å². The predicted molar refractivity (Wildman–Crippen MR) is 111 cm³/mol. The zero-order valence-corrected chi connectivity index (χ0v) is 16.7. The molecule has 29 heavy (non-hydrogen) atoms. The van der Waals surface area contributed by atoms with Gasteiger partial charge in [0.05, 0.1) is 29.5 Å². The second-order valence-electron chi connectivity index (χ2n) is 7.06. The van der Waals surface area contributed by atoms with E-state index in [0.29, 0.717) is 11.6 Å². The van der Waals surface area contributed by atoms with Crippen LogP contribution in [-0.2, 0) is 0 Å². The molecule has 0 aromatic carbocycles. The molecule has 1 aliphatic rings. The molecular formula is C21H19N7S. The second-order valence-corrected chi connectivity index (χ2v) is 8.12. The topological polar surface area (TPSA) is 83.8 Å². The molecule has 8 heteroatoms. The number of pyridine rings is 2. The fourth-order valence-corrected chi connectivity index (χ4v) is 4.81. The van der Waals surface area contributed by atoms with Gasteiger partial charge >= 0.3 is 0 Å². The first-order valence-corrected chi connectivity index (χ1v) is 10.3. The maximum Gasteiger partial charge on any atom is 0.103 e. The number of fused-ring (bicyclic) bond motifs is 1. The minimum atomic E-state index is 0.393. The Labute approximate surface area is 172 Å². The molecule has 0 spiro atoms. The normalized spacial score (nSPS) is 16.3. The molecule has 5 rings (SSSR count). The van der Waals surface area contributed by atoms with Crippen LogP contribution in [0.4, 0.5) is 0 Å². The highest BCUT2D eigenvalue weighted by atomic mass is 32.2. The summed E-state index contributed by atoms with van der Waals surface area (Å²) in [6.07, 6.45) is 8.38. The van der Waals surface area contributed by atoms with Crippen LogP contribution in [0.25, 0.3) is 16.6 Å². The highest BCUT2D eigenvalue weighted by Gasteiger charge is 2.21. The zero-order valence-electron chi connectivity index (χ0n) is 15.9. The van der Waals surface area contributed by atoms with Gasteiger partial charge in [-0.15, -0.1) is 0 Å². The van der Waals surface area contributed by atoms with Crippen LogP contribution >= 0.6 is 11.8 Å². The van der Waals surface area contributed by atoms with E-state index in [1.165, 1.54) is 11.8 Å². The molecule has 0 bridgehead atoms. The summed E-state index contributed by atoms with van der Waals surface area (Å²) in [6, 6.07) is 10.6. The number of aromatic nitrogens is 5. The Morgan fingerprint density at radius 2 is 2.21 bits per heavy atom. The summed E-state index contributed by atoms with van der Waals surface area (Å²) in [4.78, 5) is 5.37. The largest absolute Gasteiger partial charge is 0.315 e. The van der Waals surface area contributed by atoms with Crippen molar-refractivity contribution in [2.45, 2.75) is 29.3 Å². The Morgan fingerprint density at radius 1 is 1.28 bits per heavy atom. The number of rotatable bonds is 4. The molecule has 1 saturated heterocycles. The lowest BCUT2D eigenvalue weighted by Crippen LogP contribution is -2.15. The molecule has 4 aromatic heterocycles. The first-order valence-electron chi connectivity index (χ1n) is 9.50. The van der Waals surface area contributed by atoms with Gasteiger partial charge in [-0.1, -0.05) is 17.8 Å². The molecule has 1 N–H and O–H groups in total. The van der Waals surface area contributed by atoms with Gasteiger partial charge in [0.15, 0.2) is 0 Å². The van der Waals surface area contributed by atoms with E-state index in [2.05, 4.69) is 44.2 Å². The van der Waals surface area contributed by atoms with E-state index in [-0.39, 0.29) is 0 Å². The molecule has 0 amide bonds. The maximum atomic E-state index is 9.52. The van der Waals surface area contributed by atoms with Crippen molar-refractivity contribution in [3.63, 3.8) is 0 Å². The fourth-order valence-electron chi connectivity index (χ4n) is 3.83. The molecule has 0 radical (unpaired) electrons. The van der Waals surface area contributed by atoms with Crippen LogP contribution < -0.4 is 5.32 Å². The molecule has 1 aliphatic heterocycles. The number of hydrogen-bond acceptors (Lipinski definition) is 6. The van der Waals surface area contributed by atoms with E-state index < -0.39 is 0 Å². The van der Waals surface area contributed by atoms with Gasteiger partial charge in [-0.2, -0.15) is 15.5 Å². The first-order chi connectivity index (χ1) is 14.2. The van der Waals surface area contributed by atoms with Crippen molar-refractivity contribution in [3.8, 4) is 17.2 Å². The van der Waals surface area contributed by atoms with Gasteiger partial charge in [-0.3, -0.25) is 4.68 Å². The average Bonchev–Trinajstić information content (AvgIpc) is 3.48. The van der Waals surface area contributed by atoms with Crippen LogP contribution in [0.5, 0.6) is 0 Å². The molecule has 0 unspecified atom stereocenters. The van der Waals surface area contributed by atoms with Gasteiger partial charge in [0.25, 0.3) is 0 Å². The Kier molecular flexibility index (Phi) is 4.54. The van der Waals surface area contributed by atoms with Crippen LogP contribution in [0.1, 0.15) is 23.7 Å². The zero-order chi connectivity index (χ0) is 19.8. The smallest absolute Gasteiger partial charge is 0.103 e. The minimum absolute atomic E-state index is 0.393. The van der Waals surface area contributed by atoms with E-state index in [9.17, 15) is 5.26 Å². The third-order valence-corrected chi connectivity index (χ3v) is 6.27. The molecule has 1 fully saturated rings.